The Hall–Kier alpha value is -0.00610. The molecule has 0 amide bonds. The molecule has 0 aliphatic carbocycles. The predicted octanol–water partition coefficient (Wildman–Crippen LogP) is 2.30. The summed E-state index contributed by atoms with van der Waals surface area (Å²) in [7, 11) is 0. The Morgan fingerprint density at radius 3 is 2.42 bits per heavy atom. The minimum absolute atomic E-state index is 0. The van der Waals surface area contributed by atoms with Crippen molar-refractivity contribution in [3.63, 3.8) is 0 Å². The van der Waals surface area contributed by atoms with Crippen molar-refractivity contribution in [2.75, 3.05) is 0 Å². The van der Waals surface area contributed by atoms with Crippen LogP contribution in [-0.2, 0) is 32.7 Å². The van der Waals surface area contributed by atoms with Crippen LogP contribution in [0, 0.1) is 19.9 Å². The molecule has 0 saturated heterocycles. The smallest absolute Gasteiger partial charge is 0.136 e. The molecule has 2 heteroatoms. The topological polar surface area (TPSA) is 17.1 Å². The first kappa shape index (κ1) is 12.0. The second kappa shape index (κ2) is 4.88. The summed E-state index contributed by atoms with van der Waals surface area (Å²) in [5.74, 6) is 0.125. The molecule has 0 unspecified atom stereocenters. The van der Waals surface area contributed by atoms with Gasteiger partial charge in [-0.3, -0.25) is 4.79 Å². The van der Waals surface area contributed by atoms with Crippen molar-refractivity contribution in [2.24, 2.45) is 0 Å². The van der Waals surface area contributed by atoms with Crippen LogP contribution in [0.1, 0.15) is 28.4 Å². The number of carbonyl (C=O) groups excluding carboxylic acids is 1. The third-order valence-electron chi connectivity index (χ3n) is 1.90. The van der Waals surface area contributed by atoms with E-state index < -0.39 is 0 Å². The summed E-state index contributed by atoms with van der Waals surface area (Å²) in [6.07, 6.45) is 0. The molecule has 61 valence electrons. The average Bonchev–Trinajstić information content (AvgIpc) is 1.94. The second-order valence-electron chi connectivity index (χ2n) is 2.70. The molecule has 0 aliphatic heterocycles. The summed E-state index contributed by atoms with van der Waals surface area (Å²) in [6, 6.07) is 6.64. The summed E-state index contributed by atoms with van der Waals surface area (Å²) in [4.78, 5) is 11.0. The van der Waals surface area contributed by atoms with E-state index in [4.69, 9.17) is 0 Å². The van der Waals surface area contributed by atoms with E-state index in [1.165, 1.54) is 0 Å². The van der Waals surface area contributed by atoms with Gasteiger partial charge in [-0.2, -0.15) is 23.8 Å². The first-order valence-electron chi connectivity index (χ1n) is 3.61. The van der Waals surface area contributed by atoms with Crippen molar-refractivity contribution >= 4 is 5.78 Å². The van der Waals surface area contributed by atoms with Crippen LogP contribution in [0.5, 0.6) is 0 Å². The quantitative estimate of drug-likeness (QED) is 0.540. The van der Waals surface area contributed by atoms with Crippen LogP contribution >= 0.6 is 0 Å². The molecule has 0 N–H and O–H groups in total. The first-order valence-corrected chi connectivity index (χ1v) is 3.61. The van der Waals surface area contributed by atoms with Crippen LogP contribution in [0.15, 0.2) is 12.1 Å². The Bertz CT molecular complexity index is 292. The average molecular weight is 236 g/mol. The largest absolute Gasteiger partial charge is 0.297 e. The molecule has 1 aromatic rings. The van der Waals surface area contributed by atoms with Crippen LogP contribution in [0.3, 0.4) is 0 Å². The second-order valence-corrected chi connectivity index (χ2v) is 2.70. The van der Waals surface area contributed by atoms with Crippen molar-refractivity contribution in [3.8, 4) is 0 Å². The van der Waals surface area contributed by atoms with E-state index >= 15 is 0 Å². The van der Waals surface area contributed by atoms with E-state index in [1.54, 1.807) is 13.0 Å². The standard InChI is InChI=1S/C10H11O.Y/c1-7-5-4-6-10(8(7)2)9(3)11;/h4,6H,1-3H3;/q-1;. The molecule has 0 saturated carbocycles. The predicted molar refractivity (Wildman–Crippen MR) is 44.8 cm³/mol. The third kappa shape index (κ3) is 2.50. The van der Waals surface area contributed by atoms with Crippen LogP contribution in [-0.4, -0.2) is 5.78 Å². The molecule has 1 nitrogen and oxygen atoms in total. The number of hydrogen-bond acceptors (Lipinski definition) is 1. The Kier molecular flexibility index (Phi) is 4.88. The van der Waals surface area contributed by atoms with Crippen molar-refractivity contribution in [3.05, 3.63) is 34.9 Å². The van der Waals surface area contributed by atoms with E-state index in [1.807, 2.05) is 19.9 Å². The van der Waals surface area contributed by atoms with Gasteiger partial charge in [0.2, 0.25) is 0 Å². The molecular formula is C10H11OY-. The fourth-order valence-corrected chi connectivity index (χ4v) is 1.07. The van der Waals surface area contributed by atoms with Gasteiger partial charge in [0.15, 0.2) is 0 Å². The molecule has 0 fully saturated rings. The Labute approximate surface area is 98.4 Å². The number of hydrogen-bond donors (Lipinski definition) is 0. The van der Waals surface area contributed by atoms with Crippen molar-refractivity contribution in [2.45, 2.75) is 20.8 Å². The molecule has 0 spiro atoms. The van der Waals surface area contributed by atoms with Crippen molar-refractivity contribution < 1.29 is 37.5 Å². The molecule has 12 heavy (non-hydrogen) atoms. The molecule has 1 radical (unpaired) electrons. The molecule has 0 bridgehead atoms. The fourth-order valence-electron chi connectivity index (χ4n) is 1.07. The van der Waals surface area contributed by atoms with Gasteiger partial charge in [0, 0.05) is 32.7 Å². The SMILES string of the molecule is CC(=O)c1cc[c-]c(C)c1C.[Y]. The monoisotopic (exact) mass is 236 g/mol. The summed E-state index contributed by atoms with van der Waals surface area (Å²) in [5, 5.41) is 0. The zero-order valence-electron chi connectivity index (χ0n) is 7.64. The number of ketones is 1. The zero-order chi connectivity index (χ0) is 8.43. The maximum absolute atomic E-state index is 11.0. The molecule has 1 rings (SSSR count). The fraction of sp³-hybridized carbons (Fsp3) is 0.300. The van der Waals surface area contributed by atoms with Gasteiger partial charge < -0.3 is 0 Å². The van der Waals surface area contributed by atoms with Crippen LogP contribution in [0.4, 0.5) is 0 Å². The van der Waals surface area contributed by atoms with E-state index in [9.17, 15) is 4.79 Å². The summed E-state index contributed by atoms with van der Waals surface area (Å²) in [6.45, 7) is 5.49. The summed E-state index contributed by atoms with van der Waals surface area (Å²) < 4.78 is 0. The van der Waals surface area contributed by atoms with Gasteiger partial charge in [-0.25, -0.2) is 0 Å². The van der Waals surface area contributed by atoms with E-state index in [0.29, 0.717) is 0 Å². The number of carbonyl (C=O) groups is 1. The normalized spacial score (nSPS) is 8.92. The van der Waals surface area contributed by atoms with Gasteiger partial charge in [-0.15, -0.1) is 5.56 Å². The van der Waals surface area contributed by atoms with Gasteiger partial charge in [0.25, 0.3) is 0 Å². The Morgan fingerprint density at radius 2 is 2.00 bits per heavy atom. The molecule has 1 aromatic carbocycles. The number of Topliss-reactive ketones (excluding diaryl/α,β-unsaturated/α-hetero) is 1. The van der Waals surface area contributed by atoms with E-state index in [2.05, 4.69) is 6.07 Å². The molecular weight excluding hydrogens is 225 g/mol. The van der Waals surface area contributed by atoms with Gasteiger partial charge in [-0.1, -0.05) is 19.4 Å². The van der Waals surface area contributed by atoms with E-state index in [-0.39, 0.29) is 38.5 Å². The number of aryl methyl sites for hydroxylation is 1. The van der Waals surface area contributed by atoms with Crippen molar-refractivity contribution in [1.82, 2.24) is 0 Å². The first-order chi connectivity index (χ1) is 5.13. The third-order valence-corrected chi connectivity index (χ3v) is 1.90. The maximum atomic E-state index is 11.0. The molecule has 0 heterocycles. The number of rotatable bonds is 1. The number of benzene rings is 1. The van der Waals surface area contributed by atoms with Crippen LogP contribution in [0.2, 0.25) is 0 Å². The van der Waals surface area contributed by atoms with Crippen LogP contribution < -0.4 is 0 Å². The zero-order valence-corrected chi connectivity index (χ0v) is 10.5. The molecule has 0 atom stereocenters. The molecule has 0 aromatic heterocycles. The Balaban J connectivity index is 0.00000121. The summed E-state index contributed by atoms with van der Waals surface area (Å²) in [5.41, 5.74) is 2.90. The van der Waals surface area contributed by atoms with Gasteiger partial charge in [0.05, 0.1) is 0 Å². The van der Waals surface area contributed by atoms with Crippen LogP contribution in [0.25, 0.3) is 0 Å². The van der Waals surface area contributed by atoms with Gasteiger partial charge in [-0.05, 0) is 6.92 Å². The molecule has 0 aliphatic rings. The summed E-state index contributed by atoms with van der Waals surface area (Å²) >= 11 is 0. The minimum Gasteiger partial charge on any atom is -0.297 e. The minimum atomic E-state index is 0. The van der Waals surface area contributed by atoms with E-state index in [0.717, 1.165) is 16.7 Å². The van der Waals surface area contributed by atoms with Gasteiger partial charge >= 0.3 is 0 Å². The Morgan fingerprint density at radius 1 is 1.42 bits per heavy atom. The van der Waals surface area contributed by atoms with Gasteiger partial charge in [0.1, 0.15) is 5.78 Å². The maximum Gasteiger partial charge on any atom is 0.136 e. The van der Waals surface area contributed by atoms with Crippen molar-refractivity contribution in [1.29, 1.82) is 0 Å².